The number of piperidine rings is 1. The lowest BCUT2D eigenvalue weighted by Crippen LogP contribution is -2.49. The van der Waals surface area contributed by atoms with Crippen molar-refractivity contribution in [3.8, 4) is 0 Å². The molecule has 2 N–H and O–H groups in total. The predicted molar refractivity (Wildman–Crippen MR) is 127 cm³/mol. The van der Waals surface area contributed by atoms with Crippen LogP contribution in [0.3, 0.4) is 0 Å². The van der Waals surface area contributed by atoms with E-state index in [1.807, 2.05) is 18.8 Å². The largest absolute Gasteiger partial charge is 0.355 e. The molecule has 7 heteroatoms. The minimum absolute atomic E-state index is 0. The fourth-order valence-electron chi connectivity index (χ4n) is 3.26. The van der Waals surface area contributed by atoms with Crippen LogP contribution in [0.15, 0.2) is 38.6 Å². The zero-order chi connectivity index (χ0) is 17.6. The number of thioether (sulfide) groups is 1. The van der Waals surface area contributed by atoms with Crippen LogP contribution < -0.4 is 10.6 Å². The van der Waals surface area contributed by atoms with E-state index in [-0.39, 0.29) is 24.0 Å². The molecule has 0 radical (unpaired) electrons. The van der Waals surface area contributed by atoms with Crippen molar-refractivity contribution in [2.24, 2.45) is 4.99 Å². The number of hydrogen-bond acceptors (Lipinski definition) is 3. The van der Waals surface area contributed by atoms with Gasteiger partial charge in [0.2, 0.25) is 0 Å². The molecule has 0 bridgehead atoms. The molecule has 2 fully saturated rings. The molecule has 1 heterocycles. The molecule has 0 spiro atoms. The molecular weight excluding hydrogens is 523 g/mol. The number of halogens is 2. The van der Waals surface area contributed by atoms with Crippen LogP contribution in [0.25, 0.3) is 0 Å². The van der Waals surface area contributed by atoms with Gasteiger partial charge in [0.15, 0.2) is 5.96 Å². The topological polar surface area (TPSA) is 39.7 Å². The maximum atomic E-state index is 4.40. The van der Waals surface area contributed by atoms with E-state index in [0.717, 1.165) is 23.0 Å². The van der Waals surface area contributed by atoms with E-state index in [0.29, 0.717) is 11.3 Å². The SMILES string of the molecule is CN=C(NCC(C)Sc1ccc(Br)cc1)NC1CCN(C2CC2)CC1.I. The van der Waals surface area contributed by atoms with E-state index < -0.39 is 0 Å². The van der Waals surface area contributed by atoms with Crippen LogP contribution in [0.4, 0.5) is 0 Å². The molecule has 1 saturated carbocycles. The fraction of sp³-hybridized carbons (Fsp3) is 0.632. The van der Waals surface area contributed by atoms with Crippen molar-refractivity contribution in [2.45, 2.75) is 54.8 Å². The van der Waals surface area contributed by atoms with Crippen LogP contribution in [0.2, 0.25) is 0 Å². The number of guanidine groups is 1. The normalized spacial score (nSPS) is 20.3. The van der Waals surface area contributed by atoms with Crippen molar-refractivity contribution in [3.63, 3.8) is 0 Å². The molecule has 2 aliphatic rings. The average molecular weight is 553 g/mol. The Kier molecular flexibility index (Phi) is 9.54. The highest BCUT2D eigenvalue weighted by molar-refractivity contribution is 14.0. The van der Waals surface area contributed by atoms with Gasteiger partial charge in [-0.1, -0.05) is 22.9 Å². The molecular formula is C19H30BrIN4S. The Hall–Kier alpha value is 0.01000. The number of benzene rings is 1. The van der Waals surface area contributed by atoms with Crippen molar-refractivity contribution in [3.05, 3.63) is 28.7 Å². The molecule has 0 amide bonds. The van der Waals surface area contributed by atoms with Crippen molar-refractivity contribution in [1.82, 2.24) is 15.5 Å². The third-order valence-electron chi connectivity index (χ3n) is 4.87. The molecule has 0 aromatic heterocycles. The second-order valence-corrected chi connectivity index (χ2v) is 9.45. The molecule has 1 atom stereocenters. The molecule has 1 unspecified atom stereocenters. The fourth-order valence-corrected chi connectivity index (χ4v) is 4.45. The van der Waals surface area contributed by atoms with Gasteiger partial charge in [-0.25, -0.2) is 0 Å². The third-order valence-corrected chi connectivity index (χ3v) is 6.51. The van der Waals surface area contributed by atoms with Crippen molar-refractivity contribution < 1.29 is 0 Å². The lowest BCUT2D eigenvalue weighted by molar-refractivity contribution is 0.197. The summed E-state index contributed by atoms with van der Waals surface area (Å²) in [6, 6.07) is 9.96. The summed E-state index contributed by atoms with van der Waals surface area (Å²) in [5, 5.41) is 7.58. The van der Waals surface area contributed by atoms with Gasteiger partial charge in [0.05, 0.1) is 0 Å². The Bertz CT molecular complexity index is 571. The monoisotopic (exact) mass is 552 g/mol. The van der Waals surface area contributed by atoms with Crippen molar-refractivity contribution in [1.29, 1.82) is 0 Å². The lowest BCUT2D eigenvalue weighted by atomic mass is 10.1. The maximum Gasteiger partial charge on any atom is 0.191 e. The summed E-state index contributed by atoms with van der Waals surface area (Å²) in [7, 11) is 1.86. The summed E-state index contributed by atoms with van der Waals surface area (Å²) in [5.41, 5.74) is 0. The highest BCUT2D eigenvalue weighted by Gasteiger charge is 2.31. The van der Waals surface area contributed by atoms with Crippen LogP contribution >= 0.6 is 51.7 Å². The Labute approximate surface area is 187 Å². The van der Waals surface area contributed by atoms with E-state index in [1.165, 1.54) is 43.7 Å². The Balaban J connectivity index is 0.00000243. The van der Waals surface area contributed by atoms with Gasteiger partial charge in [-0.3, -0.25) is 4.99 Å². The van der Waals surface area contributed by atoms with Gasteiger partial charge in [0.1, 0.15) is 0 Å². The van der Waals surface area contributed by atoms with Gasteiger partial charge >= 0.3 is 0 Å². The number of nitrogens with one attached hydrogen (secondary N) is 2. The third kappa shape index (κ3) is 7.20. The average Bonchev–Trinajstić information content (AvgIpc) is 3.46. The van der Waals surface area contributed by atoms with Gasteiger partial charge in [0, 0.05) is 53.4 Å². The molecule has 1 aromatic rings. The smallest absolute Gasteiger partial charge is 0.191 e. The summed E-state index contributed by atoms with van der Waals surface area (Å²) >= 11 is 5.37. The molecule has 1 aliphatic carbocycles. The van der Waals surface area contributed by atoms with E-state index in [2.05, 4.69) is 67.6 Å². The van der Waals surface area contributed by atoms with Crippen LogP contribution in [-0.2, 0) is 0 Å². The van der Waals surface area contributed by atoms with Gasteiger partial charge in [-0.2, -0.15) is 0 Å². The summed E-state index contributed by atoms with van der Waals surface area (Å²) in [4.78, 5) is 8.36. The summed E-state index contributed by atoms with van der Waals surface area (Å²) in [6.07, 6.45) is 5.27. The molecule has 3 rings (SSSR count). The highest BCUT2D eigenvalue weighted by atomic mass is 127. The molecule has 1 saturated heterocycles. The number of likely N-dealkylation sites (tertiary alicyclic amines) is 1. The highest BCUT2D eigenvalue weighted by Crippen LogP contribution is 2.29. The minimum atomic E-state index is 0. The Morgan fingerprint density at radius 1 is 1.23 bits per heavy atom. The first kappa shape index (κ1) is 22.3. The first-order valence-corrected chi connectivity index (χ1v) is 10.9. The van der Waals surface area contributed by atoms with E-state index in [1.54, 1.807) is 0 Å². The van der Waals surface area contributed by atoms with Crippen LogP contribution in [0, 0.1) is 0 Å². The predicted octanol–water partition coefficient (Wildman–Crippen LogP) is 4.34. The van der Waals surface area contributed by atoms with Crippen LogP contribution in [-0.4, -0.2) is 54.9 Å². The van der Waals surface area contributed by atoms with Gasteiger partial charge in [-0.15, -0.1) is 35.7 Å². The van der Waals surface area contributed by atoms with E-state index in [4.69, 9.17) is 0 Å². The zero-order valence-electron chi connectivity index (χ0n) is 15.6. The minimum Gasteiger partial charge on any atom is -0.355 e. The molecule has 4 nitrogen and oxygen atoms in total. The van der Waals surface area contributed by atoms with Crippen LogP contribution in [0.5, 0.6) is 0 Å². The first-order valence-electron chi connectivity index (χ1n) is 9.27. The van der Waals surface area contributed by atoms with Gasteiger partial charge in [-0.05, 0) is 49.9 Å². The lowest BCUT2D eigenvalue weighted by Gasteiger charge is -2.33. The second kappa shape index (κ2) is 11.1. The van der Waals surface area contributed by atoms with Gasteiger partial charge in [0.25, 0.3) is 0 Å². The molecule has 1 aliphatic heterocycles. The Morgan fingerprint density at radius 2 is 1.88 bits per heavy atom. The second-order valence-electron chi connectivity index (χ2n) is 7.02. The standard InChI is InChI=1S/C19H29BrN4S.HI/c1-14(25-18-7-3-15(20)4-8-18)13-22-19(21-2)23-16-9-11-24(12-10-16)17-5-6-17;/h3-4,7-8,14,16-17H,5-6,9-13H2,1-2H3,(H2,21,22,23);1H. The van der Waals surface area contributed by atoms with Crippen LogP contribution in [0.1, 0.15) is 32.6 Å². The number of hydrogen-bond donors (Lipinski definition) is 2. The van der Waals surface area contributed by atoms with Crippen molar-refractivity contribution >= 4 is 57.6 Å². The quantitative estimate of drug-likeness (QED) is 0.238. The molecule has 26 heavy (non-hydrogen) atoms. The van der Waals surface area contributed by atoms with E-state index >= 15 is 0 Å². The van der Waals surface area contributed by atoms with Gasteiger partial charge < -0.3 is 15.5 Å². The zero-order valence-corrected chi connectivity index (χ0v) is 20.3. The number of nitrogens with zero attached hydrogens (tertiary/aromatic N) is 2. The summed E-state index contributed by atoms with van der Waals surface area (Å²) in [5.74, 6) is 0.938. The molecule has 146 valence electrons. The maximum absolute atomic E-state index is 4.40. The molecule has 1 aromatic carbocycles. The summed E-state index contributed by atoms with van der Waals surface area (Å²) in [6.45, 7) is 5.62. The number of aliphatic imine (C=N–C) groups is 1. The number of rotatable bonds is 6. The summed E-state index contributed by atoms with van der Waals surface area (Å²) < 4.78 is 1.12. The van der Waals surface area contributed by atoms with E-state index in [9.17, 15) is 0 Å². The first-order chi connectivity index (χ1) is 12.1. The Morgan fingerprint density at radius 3 is 2.46 bits per heavy atom. The van der Waals surface area contributed by atoms with Crippen molar-refractivity contribution in [2.75, 3.05) is 26.7 Å².